The zero-order valence-electron chi connectivity index (χ0n) is 11.4. The molecule has 0 saturated heterocycles. The monoisotopic (exact) mass is 254 g/mol. The maximum absolute atomic E-state index is 12.1. The summed E-state index contributed by atoms with van der Waals surface area (Å²) in [6.45, 7) is 2.57. The zero-order chi connectivity index (χ0) is 13.2. The summed E-state index contributed by atoms with van der Waals surface area (Å²) in [5.41, 5.74) is 4.70. The van der Waals surface area contributed by atoms with Gasteiger partial charge in [-0.1, -0.05) is 19.8 Å². The largest absolute Gasteiger partial charge is 0.388 e. The van der Waals surface area contributed by atoms with Crippen molar-refractivity contribution in [2.24, 2.45) is 11.7 Å². The van der Waals surface area contributed by atoms with Crippen molar-refractivity contribution in [2.45, 2.75) is 69.4 Å². The Morgan fingerprint density at radius 2 is 1.83 bits per heavy atom. The molecule has 0 aliphatic heterocycles. The first-order valence-corrected chi connectivity index (χ1v) is 7.23. The zero-order valence-corrected chi connectivity index (χ0v) is 11.4. The first-order valence-electron chi connectivity index (χ1n) is 7.23. The second-order valence-corrected chi connectivity index (χ2v) is 6.45. The molecule has 0 heterocycles. The molecule has 2 aliphatic rings. The second-order valence-electron chi connectivity index (χ2n) is 6.45. The fourth-order valence-electron chi connectivity index (χ4n) is 3.13. The van der Waals surface area contributed by atoms with Gasteiger partial charge in [0, 0.05) is 6.54 Å². The molecular formula is C14H26N2O2. The van der Waals surface area contributed by atoms with Crippen molar-refractivity contribution >= 4 is 5.91 Å². The van der Waals surface area contributed by atoms with Crippen LogP contribution in [0.4, 0.5) is 0 Å². The van der Waals surface area contributed by atoms with E-state index in [1.165, 1.54) is 0 Å². The smallest absolute Gasteiger partial charge is 0.240 e. The van der Waals surface area contributed by atoms with E-state index in [4.69, 9.17) is 5.73 Å². The van der Waals surface area contributed by atoms with Crippen molar-refractivity contribution in [2.75, 3.05) is 6.54 Å². The lowest BCUT2D eigenvalue weighted by atomic mass is 9.79. The molecule has 4 nitrogen and oxygen atoms in total. The van der Waals surface area contributed by atoms with Crippen LogP contribution in [0.15, 0.2) is 0 Å². The van der Waals surface area contributed by atoms with E-state index in [9.17, 15) is 9.90 Å². The molecule has 0 aromatic heterocycles. The number of amides is 1. The summed E-state index contributed by atoms with van der Waals surface area (Å²) in [4.78, 5) is 12.1. The lowest BCUT2D eigenvalue weighted by Crippen LogP contribution is -2.55. The summed E-state index contributed by atoms with van der Waals surface area (Å²) in [7, 11) is 0. The summed E-state index contributed by atoms with van der Waals surface area (Å²) in [6.07, 6.45) is 7.26. The van der Waals surface area contributed by atoms with E-state index in [0.717, 1.165) is 51.4 Å². The Morgan fingerprint density at radius 3 is 2.39 bits per heavy atom. The lowest BCUT2D eigenvalue weighted by molar-refractivity contribution is -0.127. The summed E-state index contributed by atoms with van der Waals surface area (Å²) in [5, 5.41) is 13.3. The van der Waals surface area contributed by atoms with Crippen LogP contribution in [-0.4, -0.2) is 28.7 Å². The highest BCUT2D eigenvalue weighted by molar-refractivity contribution is 5.86. The molecule has 1 amide bonds. The topological polar surface area (TPSA) is 75.3 Å². The second kappa shape index (κ2) is 5.17. The lowest BCUT2D eigenvalue weighted by Gasteiger charge is -2.36. The Kier molecular flexibility index (Phi) is 3.97. The molecule has 0 atom stereocenters. The number of carbonyl (C=O) groups is 1. The van der Waals surface area contributed by atoms with Gasteiger partial charge in [-0.3, -0.25) is 4.79 Å². The van der Waals surface area contributed by atoms with Crippen LogP contribution in [0, 0.1) is 5.92 Å². The van der Waals surface area contributed by atoms with Gasteiger partial charge in [0.25, 0.3) is 0 Å². The Balaban J connectivity index is 1.82. The maximum atomic E-state index is 12.1. The molecule has 2 aliphatic carbocycles. The molecule has 0 spiro atoms. The number of nitrogens with one attached hydrogen (secondary N) is 1. The average molecular weight is 254 g/mol. The van der Waals surface area contributed by atoms with Crippen LogP contribution in [0.2, 0.25) is 0 Å². The summed E-state index contributed by atoms with van der Waals surface area (Å²) in [5.74, 6) is 0.615. The minimum atomic E-state index is -0.711. The van der Waals surface area contributed by atoms with Crippen molar-refractivity contribution < 1.29 is 9.90 Å². The minimum Gasteiger partial charge on any atom is -0.388 e. The van der Waals surface area contributed by atoms with Crippen molar-refractivity contribution in [1.82, 2.24) is 5.32 Å². The van der Waals surface area contributed by atoms with Gasteiger partial charge in [0.2, 0.25) is 5.91 Å². The maximum Gasteiger partial charge on any atom is 0.240 e. The number of nitrogens with two attached hydrogens (primary N) is 1. The van der Waals surface area contributed by atoms with Gasteiger partial charge < -0.3 is 16.2 Å². The Labute approximate surface area is 109 Å². The van der Waals surface area contributed by atoms with Crippen LogP contribution in [0.3, 0.4) is 0 Å². The van der Waals surface area contributed by atoms with Crippen molar-refractivity contribution in [3.8, 4) is 0 Å². The quantitative estimate of drug-likeness (QED) is 0.711. The number of aliphatic hydroxyl groups is 1. The van der Waals surface area contributed by atoms with E-state index in [1.54, 1.807) is 0 Å². The number of carbonyl (C=O) groups excluding carboxylic acids is 1. The fraction of sp³-hybridized carbons (Fsp3) is 0.929. The number of hydrogen-bond acceptors (Lipinski definition) is 3. The standard InChI is InChI=1S/C14H26N2O2/c1-11-4-8-13(18,9-5-11)10-16-12(17)14(15)6-2-3-7-14/h11,18H,2-10,15H2,1H3,(H,16,17). The molecule has 2 rings (SSSR count). The van der Waals surface area contributed by atoms with Crippen LogP contribution in [0.5, 0.6) is 0 Å². The third kappa shape index (κ3) is 3.04. The normalized spacial score (nSPS) is 35.4. The fourth-order valence-corrected chi connectivity index (χ4v) is 3.13. The van der Waals surface area contributed by atoms with E-state index in [2.05, 4.69) is 12.2 Å². The molecule has 4 N–H and O–H groups in total. The first-order chi connectivity index (χ1) is 8.44. The predicted molar refractivity (Wildman–Crippen MR) is 71.0 cm³/mol. The van der Waals surface area contributed by atoms with Gasteiger partial charge in [0.05, 0.1) is 11.1 Å². The summed E-state index contributed by atoms with van der Waals surface area (Å²) < 4.78 is 0. The Bertz CT molecular complexity index is 303. The van der Waals surface area contributed by atoms with Crippen LogP contribution in [0.25, 0.3) is 0 Å². The van der Waals surface area contributed by atoms with Crippen LogP contribution in [0.1, 0.15) is 58.3 Å². The molecule has 0 aromatic rings. The molecule has 104 valence electrons. The highest BCUT2D eigenvalue weighted by Gasteiger charge is 2.39. The van der Waals surface area contributed by atoms with E-state index in [1.807, 2.05) is 0 Å². The van der Waals surface area contributed by atoms with Gasteiger partial charge >= 0.3 is 0 Å². The van der Waals surface area contributed by atoms with E-state index < -0.39 is 11.1 Å². The molecule has 18 heavy (non-hydrogen) atoms. The van der Waals surface area contributed by atoms with Gasteiger partial charge in [-0.05, 0) is 44.4 Å². The molecule has 2 fully saturated rings. The van der Waals surface area contributed by atoms with Gasteiger partial charge in [-0.2, -0.15) is 0 Å². The van der Waals surface area contributed by atoms with Crippen molar-refractivity contribution in [3.63, 3.8) is 0 Å². The third-order valence-corrected chi connectivity index (χ3v) is 4.73. The Morgan fingerprint density at radius 1 is 1.28 bits per heavy atom. The summed E-state index contributed by atoms with van der Waals surface area (Å²) >= 11 is 0. The molecule has 0 radical (unpaired) electrons. The molecular weight excluding hydrogens is 228 g/mol. The third-order valence-electron chi connectivity index (χ3n) is 4.73. The average Bonchev–Trinajstić information content (AvgIpc) is 2.79. The van der Waals surface area contributed by atoms with Crippen molar-refractivity contribution in [1.29, 1.82) is 0 Å². The first kappa shape index (κ1) is 13.8. The molecule has 0 aromatic carbocycles. The highest BCUT2D eigenvalue weighted by Crippen LogP contribution is 2.32. The molecule has 0 unspecified atom stereocenters. The van der Waals surface area contributed by atoms with E-state index in [-0.39, 0.29) is 5.91 Å². The molecule has 0 bridgehead atoms. The van der Waals surface area contributed by atoms with E-state index >= 15 is 0 Å². The van der Waals surface area contributed by atoms with Gasteiger partial charge in [-0.15, -0.1) is 0 Å². The highest BCUT2D eigenvalue weighted by atomic mass is 16.3. The molecule has 2 saturated carbocycles. The Hall–Kier alpha value is -0.610. The van der Waals surface area contributed by atoms with E-state index in [0.29, 0.717) is 12.5 Å². The number of rotatable bonds is 3. The van der Waals surface area contributed by atoms with Crippen LogP contribution < -0.4 is 11.1 Å². The molecule has 4 heteroatoms. The van der Waals surface area contributed by atoms with Gasteiger partial charge in [-0.25, -0.2) is 0 Å². The summed E-state index contributed by atoms with van der Waals surface area (Å²) in [6, 6.07) is 0. The van der Waals surface area contributed by atoms with Gasteiger partial charge in [0.15, 0.2) is 0 Å². The van der Waals surface area contributed by atoms with Crippen molar-refractivity contribution in [3.05, 3.63) is 0 Å². The number of hydrogen-bond donors (Lipinski definition) is 3. The predicted octanol–water partition coefficient (Wildman–Crippen LogP) is 1.32. The minimum absolute atomic E-state index is 0.0768. The van der Waals surface area contributed by atoms with Crippen LogP contribution >= 0.6 is 0 Å². The SMILES string of the molecule is CC1CCC(O)(CNC(=O)C2(N)CCCC2)CC1. The van der Waals surface area contributed by atoms with Gasteiger partial charge in [0.1, 0.15) is 0 Å². The van der Waals surface area contributed by atoms with Crippen LogP contribution in [-0.2, 0) is 4.79 Å².